The maximum Gasteiger partial charge on any atom is 0.266 e. The third-order valence-corrected chi connectivity index (χ3v) is 5.45. The molecule has 0 bridgehead atoms. The Bertz CT molecular complexity index is 1100. The van der Waals surface area contributed by atoms with Gasteiger partial charge in [-0.3, -0.25) is 9.69 Å². The number of rotatable bonds is 6. The van der Waals surface area contributed by atoms with Crippen molar-refractivity contribution in [3.05, 3.63) is 52.2 Å². The average Bonchev–Trinajstić information content (AvgIpc) is 3.11. The topological polar surface area (TPSA) is 88.2 Å². The van der Waals surface area contributed by atoms with Crippen LogP contribution in [0.2, 0.25) is 0 Å². The lowest BCUT2D eigenvalue weighted by Crippen LogP contribution is -2.48. The molecule has 1 fully saturated rings. The van der Waals surface area contributed by atoms with E-state index >= 15 is 0 Å². The van der Waals surface area contributed by atoms with Gasteiger partial charge in [0, 0.05) is 64.8 Å². The SMILES string of the molecule is Cc1cc(C)n(-c2ccc(=O)n(CCN3CCN(c4nccc(N(C)C)n4)CC3)n2)n1. The lowest BCUT2D eigenvalue weighted by atomic mass is 10.3. The molecule has 164 valence electrons. The van der Waals surface area contributed by atoms with Crippen LogP contribution in [0.3, 0.4) is 0 Å². The van der Waals surface area contributed by atoms with E-state index in [1.165, 1.54) is 4.68 Å². The van der Waals surface area contributed by atoms with E-state index in [-0.39, 0.29) is 5.56 Å². The molecule has 0 amide bonds. The number of aryl methyl sites for hydroxylation is 2. The molecule has 0 atom stereocenters. The molecule has 1 aliphatic rings. The van der Waals surface area contributed by atoms with Gasteiger partial charge in [-0.2, -0.15) is 10.1 Å². The first kappa shape index (κ1) is 21.0. The Morgan fingerprint density at radius 2 is 1.77 bits per heavy atom. The van der Waals surface area contributed by atoms with E-state index in [1.807, 2.05) is 45.0 Å². The molecule has 1 saturated heterocycles. The summed E-state index contributed by atoms with van der Waals surface area (Å²) in [4.78, 5) is 27.9. The molecule has 0 aromatic carbocycles. The molecule has 0 aliphatic carbocycles. The summed E-state index contributed by atoms with van der Waals surface area (Å²) in [5, 5.41) is 9.00. The average molecular weight is 424 g/mol. The molecule has 4 rings (SSSR count). The molecule has 0 unspecified atom stereocenters. The van der Waals surface area contributed by atoms with Gasteiger partial charge in [-0.1, -0.05) is 0 Å². The van der Waals surface area contributed by atoms with Crippen LogP contribution < -0.4 is 15.4 Å². The van der Waals surface area contributed by atoms with Gasteiger partial charge in [-0.05, 0) is 32.0 Å². The minimum absolute atomic E-state index is 0.0992. The summed E-state index contributed by atoms with van der Waals surface area (Å²) in [6, 6.07) is 7.18. The highest BCUT2D eigenvalue weighted by molar-refractivity contribution is 5.42. The highest BCUT2D eigenvalue weighted by atomic mass is 16.1. The normalized spacial score (nSPS) is 14.8. The van der Waals surface area contributed by atoms with Crippen molar-refractivity contribution < 1.29 is 0 Å². The predicted molar refractivity (Wildman–Crippen MR) is 120 cm³/mol. The van der Waals surface area contributed by atoms with E-state index in [9.17, 15) is 4.79 Å². The number of hydrogen-bond acceptors (Lipinski definition) is 8. The highest BCUT2D eigenvalue weighted by Gasteiger charge is 2.19. The van der Waals surface area contributed by atoms with Crippen LogP contribution in [0.25, 0.3) is 5.82 Å². The third-order valence-electron chi connectivity index (χ3n) is 5.45. The van der Waals surface area contributed by atoms with Gasteiger partial charge in [-0.15, -0.1) is 5.10 Å². The van der Waals surface area contributed by atoms with E-state index in [2.05, 4.69) is 30.0 Å². The second-order valence-corrected chi connectivity index (χ2v) is 8.03. The van der Waals surface area contributed by atoms with Crippen molar-refractivity contribution in [1.29, 1.82) is 0 Å². The summed E-state index contributed by atoms with van der Waals surface area (Å²) in [7, 11) is 3.95. The van der Waals surface area contributed by atoms with Crippen molar-refractivity contribution in [2.45, 2.75) is 20.4 Å². The van der Waals surface area contributed by atoms with Crippen LogP contribution in [0.4, 0.5) is 11.8 Å². The fourth-order valence-electron chi connectivity index (χ4n) is 3.72. The van der Waals surface area contributed by atoms with Crippen LogP contribution in [-0.2, 0) is 6.54 Å². The molecule has 3 aromatic heterocycles. The van der Waals surface area contributed by atoms with Crippen molar-refractivity contribution in [3.8, 4) is 5.82 Å². The number of anilines is 2. The maximum absolute atomic E-state index is 12.3. The quantitative estimate of drug-likeness (QED) is 0.573. The molecule has 1 aliphatic heterocycles. The van der Waals surface area contributed by atoms with Crippen LogP contribution in [-0.4, -0.2) is 81.2 Å². The molecule has 0 radical (unpaired) electrons. The van der Waals surface area contributed by atoms with Crippen LogP contribution >= 0.6 is 0 Å². The van der Waals surface area contributed by atoms with Crippen LogP contribution in [0.15, 0.2) is 35.3 Å². The van der Waals surface area contributed by atoms with Gasteiger partial charge in [0.1, 0.15) is 5.82 Å². The van der Waals surface area contributed by atoms with Gasteiger partial charge >= 0.3 is 0 Å². The summed E-state index contributed by atoms with van der Waals surface area (Å²) in [6.07, 6.45) is 1.80. The Hall–Kier alpha value is -3.27. The molecule has 4 heterocycles. The smallest absolute Gasteiger partial charge is 0.266 e. The summed E-state index contributed by atoms with van der Waals surface area (Å²) in [5.41, 5.74) is 1.82. The van der Waals surface area contributed by atoms with Crippen LogP contribution in [0.5, 0.6) is 0 Å². The Morgan fingerprint density at radius 1 is 1.00 bits per heavy atom. The molecular weight excluding hydrogens is 394 g/mol. The largest absolute Gasteiger partial charge is 0.363 e. The van der Waals surface area contributed by atoms with E-state index in [0.717, 1.165) is 55.9 Å². The molecule has 0 saturated carbocycles. The van der Waals surface area contributed by atoms with Crippen molar-refractivity contribution in [2.75, 3.05) is 56.6 Å². The number of aromatic nitrogens is 6. The Labute approximate surface area is 181 Å². The summed E-state index contributed by atoms with van der Waals surface area (Å²) >= 11 is 0. The summed E-state index contributed by atoms with van der Waals surface area (Å²) in [5.74, 6) is 2.33. The van der Waals surface area contributed by atoms with Gasteiger partial charge in [0.15, 0.2) is 5.82 Å². The van der Waals surface area contributed by atoms with E-state index in [4.69, 9.17) is 0 Å². The maximum atomic E-state index is 12.3. The van der Waals surface area contributed by atoms with Crippen LogP contribution in [0.1, 0.15) is 11.4 Å². The fourth-order valence-corrected chi connectivity index (χ4v) is 3.72. The van der Waals surface area contributed by atoms with Crippen molar-refractivity contribution >= 4 is 11.8 Å². The lowest BCUT2D eigenvalue weighted by Gasteiger charge is -2.34. The number of hydrogen-bond donors (Lipinski definition) is 0. The zero-order chi connectivity index (χ0) is 22.0. The Morgan fingerprint density at radius 3 is 2.45 bits per heavy atom. The molecule has 0 N–H and O–H groups in total. The summed E-state index contributed by atoms with van der Waals surface area (Å²) < 4.78 is 3.30. The predicted octanol–water partition coefficient (Wildman–Crippen LogP) is 0.724. The first-order chi connectivity index (χ1) is 14.9. The van der Waals surface area contributed by atoms with Crippen LogP contribution in [0, 0.1) is 13.8 Å². The van der Waals surface area contributed by atoms with Crippen molar-refractivity contribution in [1.82, 2.24) is 34.4 Å². The summed E-state index contributed by atoms with van der Waals surface area (Å²) in [6.45, 7) is 8.72. The standard InChI is InChI=1S/C21H29N9O/c1-16-15-17(2)30(24-16)19-5-6-20(31)29(25-19)14-11-27-9-12-28(13-10-27)21-22-8-7-18(23-21)26(3)4/h5-8,15H,9-14H2,1-4H3. The molecule has 31 heavy (non-hydrogen) atoms. The number of piperazine rings is 1. The van der Waals surface area contributed by atoms with E-state index in [1.54, 1.807) is 23.0 Å². The Balaban J connectivity index is 1.37. The molecule has 10 heteroatoms. The molecule has 3 aromatic rings. The molecule has 10 nitrogen and oxygen atoms in total. The van der Waals surface area contributed by atoms with Gasteiger partial charge in [-0.25, -0.2) is 14.3 Å². The first-order valence-corrected chi connectivity index (χ1v) is 10.5. The van der Waals surface area contributed by atoms with Gasteiger partial charge < -0.3 is 9.80 Å². The van der Waals surface area contributed by atoms with Crippen molar-refractivity contribution in [2.24, 2.45) is 0 Å². The van der Waals surface area contributed by atoms with Gasteiger partial charge in [0.25, 0.3) is 5.56 Å². The number of nitrogens with zero attached hydrogens (tertiary/aromatic N) is 9. The third kappa shape index (κ3) is 4.74. The second kappa shape index (κ2) is 8.84. The first-order valence-electron chi connectivity index (χ1n) is 10.5. The minimum Gasteiger partial charge on any atom is -0.363 e. The zero-order valence-electron chi connectivity index (χ0n) is 18.6. The van der Waals surface area contributed by atoms with Gasteiger partial charge in [0.2, 0.25) is 5.95 Å². The van der Waals surface area contributed by atoms with Crippen molar-refractivity contribution in [3.63, 3.8) is 0 Å². The van der Waals surface area contributed by atoms with E-state index in [0.29, 0.717) is 12.4 Å². The minimum atomic E-state index is -0.0992. The monoisotopic (exact) mass is 423 g/mol. The Kier molecular flexibility index (Phi) is 5.99. The zero-order valence-corrected chi connectivity index (χ0v) is 18.6. The van der Waals surface area contributed by atoms with E-state index < -0.39 is 0 Å². The lowest BCUT2D eigenvalue weighted by molar-refractivity contribution is 0.241. The highest BCUT2D eigenvalue weighted by Crippen LogP contribution is 2.15. The van der Waals surface area contributed by atoms with Gasteiger partial charge in [0.05, 0.1) is 12.2 Å². The molecular formula is C21H29N9O. The molecule has 0 spiro atoms. The second-order valence-electron chi connectivity index (χ2n) is 8.03. The fraction of sp³-hybridized carbons (Fsp3) is 0.476.